The van der Waals surface area contributed by atoms with Crippen molar-refractivity contribution < 1.29 is 0 Å². The summed E-state index contributed by atoms with van der Waals surface area (Å²) in [6, 6.07) is 62.7. The monoisotopic (exact) mass is 640 g/mol. The van der Waals surface area contributed by atoms with Gasteiger partial charge < -0.3 is 14.5 Å². The molecule has 0 radical (unpaired) electrons. The fourth-order valence-electron chi connectivity index (χ4n) is 7.64. The fourth-order valence-corrected chi connectivity index (χ4v) is 7.64. The molecule has 2 aromatic heterocycles. The Morgan fingerprint density at radius 2 is 1.14 bits per heavy atom. The molecule has 1 aliphatic heterocycles. The number of aromatic nitrogens is 2. The van der Waals surface area contributed by atoms with Gasteiger partial charge in [0.2, 0.25) is 0 Å². The predicted molar refractivity (Wildman–Crippen MR) is 207 cm³/mol. The highest BCUT2D eigenvalue weighted by Crippen LogP contribution is 2.39. The van der Waals surface area contributed by atoms with Crippen LogP contribution in [0, 0.1) is 0 Å². The van der Waals surface area contributed by atoms with Crippen LogP contribution in [-0.2, 0) is 0 Å². The first-order valence-corrected chi connectivity index (χ1v) is 17.1. The smallest absolute Gasteiger partial charge is 0.134 e. The molecule has 236 valence electrons. The van der Waals surface area contributed by atoms with Crippen LogP contribution in [0.2, 0.25) is 0 Å². The van der Waals surface area contributed by atoms with Gasteiger partial charge in [0.1, 0.15) is 5.84 Å². The summed E-state index contributed by atoms with van der Waals surface area (Å²) in [5, 5.41) is 7.52. The first-order chi connectivity index (χ1) is 24.8. The molecular weight excluding hydrogens is 609 g/mol. The lowest BCUT2D eigenvalue weighted by Crippen LogP contribution is -2.32. The second-order valence-electron chi connectivity index (χ2n) is 12.9. The zero-order valence-corrected chi connectivity index (χ0v) is 27.2. The van der Waals surface area contributed by atoms with Crippen molar-refractivity contribution in [2.75, 3.05) is 0 Å². The summed E-state index contributed by atoms with van der Waals surface area (Å²) in [5.41, 5.74) is 12.7. The zero-order chi connectivity index (χ0) is 33.0. The zero-order valence-electron chi connectivity index (χ0n) is 27.2. The van der Waals surface area contributed by atoms with Crippen molar-refractivity contribution in [3.05, 3.63) is 199 Å². The molecule has 50 heavy (non-hydrogen) atoms. The lowest BCUT2D eigenvalue weighted by Gasteiger charge is -2.28. The Kier molecular flexibility index (Phi) is 6.53. The minimum absolute atomic E-state index is 0.0116. The summed E-state index contributed by atoms with van der Waals surface area (Å²) in [7, 11) is 0. The molecule has 0 aliphatic carbocycles. The first kappa shape index (κ1) is 28.4. The molecule has 0 spiro atoms. The summed E-state index contributed by atoms with van der Waals surface area (Å²) in [6.45, 7) is 0. The predicted octanol–water partition coefficient (Wildman–Crippen LogP) is 11.2. The van der Waals surface area contributed by atoms with Crippen molar-refractivity contribution in [3.8, 4) is 22.5 Å². The molecule has 1 atom stereocenters. The Hall–Kier alpha value is -6.65. The second-order valence-corrected chi connectivity index (χ2v) is 12.9. The van der Waals surface area contributed by atoms with Crippen molar-refractivity contribution >= 4 is 44.2 Å². The molecular formula is C46H32N4. The molecule has 10 rings (SSSR count). The molecule has 0 bridgehead atoms. The molecule has 0 fully saturated rings. The molecule has 3 heterocycles. The van der Waals surface area contributed by atoms with Gasteiger partial charge in [-0.1, -0.05) is 115 Å². The van der Waals surface area contributed by atoms with E-state index in [1.54, 1.807) is 0 Å². The van der Waals surface area contributed by atoms with E-state index in [2.05, 4.69) is 197 Å². The molecule has 9 aromatic rings. The summed E-state index contributed by atoms with van der Waals surface area (Å²) in [5.74, 6) is 0.872. The van der Waals surface area contributed by atoms with Gasteiger partial charge in [0, 0.05) is 44.9 Å². The molecule has 4 heteroatoms. The van der Waals surface area contributed by atoms with Crippen LogP contribution in [0.1, 0.15) is 22.7 Å². The SMILES string of the molecule is c1ccc(-c2ccc(C3NC(c4ccc(-n5c6ccccc6c6ccc7c(ccn7-c7ccccc7)c65)cc4)=Nc4ccccc43)cc2)cc1. The Balaban J connectivity index is 1.05. The van der Waals surface area contributed by atoms with Gasteiger partial charge in [-0.2, -0.15) is 0 Å². The number of fused-ring (bicyclic) bond motifs is 6. The standard InChI is InChI=1S/C46H32N4/c1-3-11-31(12-4-1)32-19-21-33(22-20-32)44-39-16-7-9-17-41(39)47-46(48-44)34-23-25-36(26-24-34)50-43-18-10-8-15-37(43)38-27-28-42-40(45(38)50)29-30-49(42)35-13-5-2-6-14-35/h1-30,44H,(H,47,48). The van der Waals surface area contributed by atoms with E-state index < -0.39 is 0 Å². The number of nitrogens with one attached hydrogen (secondary N) is 1. The summed E-state index contributed by atoms with van der Waals surface area (Å²) >= 11 is 0. The fraction of sp³-hybridized carbons (Fsp3) is 0.0217. The van der Waals surface area contributed by atoms with Crippen molar-refractivity contribution in [1.82, 2.24) is 14.5 Å². The number of benzene rings is 7. The van der Waals surface area contributed by atoms with E-state index in [1.165, 1.54) is 55.0 Å². The van der Waals surface area contributed by atoms with Gasteiger partial charge in [-0.25, -0.2) is 4.99 Å². The topological polar surface area (TPSA) is 34.2 Å². The number of nitrogens with zero attached hydrogens (tertiary/aromatic N) is 3. The number of hydrogen-bond acceptors (Lipinski definition) is 2. The van der Waals surface area contributed by atoms with Gasteiger partial charge >= 0.3 is 0 Å². The summed E-state index contributed by atoms with van der Waals surface area (Å²) < 4.78 is 4.69. The minimum atomic E-state index is -0.0116. The van der Waals surface area contributed by atoms with Crippen LogP contribution in [0.5, 0.6) is 0 Å². The molecule has 4 nitrogen and oxygen atoms in total. The van der Waals surface area contributed by atoms with Gasteiger partial charge in [-0.15, -0.1) is 0 Å². The Morgan fingerprint density at radius 1 is 0.460 bits per heavy atom. The van der Waals surface area contributed by atoms with Crippen molar-refractivity contribution in [1.29, 1.82) is 0 Å². The van der Waals surface area contributed by atoms with Crippen LogP contribution in [0.4, 0.5) is 5.69 Å². The van der Waals surface area contributed by atoms with Gasteiger partial charge in [-0.3, -0.25) is 0 Å². The Labute approximate surface area is 290 Å². The lowest BCUT2D eigenvalue weighted by molar-refractivity contribution is 0.749. The van der Waals surface area contributed by atoms with Gasteiger partial charge in [-0.05, 0) is 77.4 Å². The van der Waals surface area contributed by atoms with Crippen LogP contribution in [0.3, 0.4) is 0 Å². The third kappa shape index (κ3) is 4.57. The quantitative estimate of drug-likeness (QED) is 0.200. The number of para-hydroxylation sites is 3. The molecule has 1 aliphatic rings. The van der Waals surface area contributed by atoms with E-state index in [9.17, 15) is 0 Å². The highest BCUT2D eigenvalue weighted by atomic mass is 15.1. The largest absolute Gasteiger partial charge is 0.359 e. The van der Waals surface area contributed by atoms with Gasteiger partial charge in [0.15, 0.2) is 0 Å². The van der Waals surface area contributed by atoms with E-state index in [4.69, 9.17) is 4.99 Å². The number of hydrogen-bond donors (Lipinski definition) is 1. The van der Waals surface area contributed by atoms with Crippen LogP contribution >= 0.6 is 0 Å². The van der Waals surface area contributed by atoms with Crippen LogP contribution in [0.25, 0.3) is 55.2 Å². The summed E-state index contributed by atoms with van der Waals surface area (Å²) in [4.78, 5) is 5.12. The maximum Gasteiger partial charge on any atom is 0.134 e. The van der Waals surface area contributed by atoms with E-state index >= 15 is 0 Å². The third-order valence-corrected chi connectivity index (χ3v) is 10.0. The van der Waals surface area contributed by atoms with Gasteiger partial charge in [0.25, 0.3) is 0 Å². The minimum Gasteiger partial charge on any atom is -0.359 e. The maximum absolute atomic E-state index is 5.12. The molecule has 1 unspecified atom stereocenters. The van der Waals surface area contributed by atoms with Crippen molar-refractivity contribution in [2.24, 2.45) is 4.99 Å². The van der Waals surface area contributed by atoms with E-state index in [1.807, 2.05) is 0 Å². The molecule has 7 aromatic carbocycles. The normalized spacial score (nSPS) is 14.1. The first-order valence-electron chi connectivity index (χ1n) is 17.1. The molecule has 0 saturated heterocycles. The van der Waals surface area contributed by atoms with Crippen molar-refractivity contribution in [3.63, 3.8) is 0 Å². The number of amidine groups is 1. The van der Waals surface area contributed by atoms with Crippen LogP contribution in [0.15, 0.2) is 187 Å². The van der Waals surface area contributed by atoms with Crippen LogP contribution < -0.4 is 5.32 Å². The lowest BCUT2D eigenvalue weighted by atomic mass is 9.93. The number of aliphatic imine (C=N–C) groups is 1. The average molecular weight is 641 g/mol. The van der Waals surface area contributed by atoms with E-state index in [-0.39, 0.29) is 6.04 Å². The maximum atomic E-state index is 5.12. The second kappa shape index (κ2) is 11.5. The van der Waals surface area contributed by atoms with Crippen LogP contribution in [-0.4, -0.2) is 15.0 Å². The van der Waals surface area contributed by atoms with Gasteiger partial charge in [0.05, 0.1) is 28.3 Å². The van der Waals surface area contributed by atoms with E-state index in [0.29, 0.717) is 0 Å². The van der Waals surface area contributed by atoms with Crippen molar-refractivity contribution in [2.45, 2.75) is 6.04 Å². The molecule has 1 N–H and O–H groups in total. The van der Waals surface area contributed by atoms with E-state index in [0.717, 1.165) is 28.5 Å². The average Bonchev–Trinajstić information content (AvgIpc) is 3.78. The number of rotatable bonds is 5. The highest BCUT2D eigenvalue weighted by Gasteiger charge is 2.24. The molecule has 0 amide bonds. The summed E-state index contributed by atoms with van der Waals surface area (Å²) in [6.07, 6.45) is 2.18. The Morgan fingerprint density at radius 3 is 1.96 bits per heavy atom. The molecule has 0 saturated carbocycles. The highest BCUT2D eigenvalue weighted by molar-refractivity contribution is 6.18. The Bertz CT molecular complexity index is 2700. The third-order valence-electron chi connectivity index (χ3n) is 10.0.